The second-order valence-electron chi connectivity index (χ2n) is 4.10. The van der Waals surface area contributed by atoms with Crippen molar-refractivity contribution < 1.29 is 9.59 Å². The van der Waals surface area contributed by atoms with Gasteiger partial charge >= 0.3 is 0 Å². The maximum Gasteiger partial charge on any atom is 0.233 e. The van der Waals surface area contributed by atoms with E-state index < -0.39 is 6.04 Å². The van der Waals surface area contributed by atoms with Crippen LogP contribution >= 0.6 is 0 Å². The highest BCUT2D eigenvalue weighted by molar-refractivity contribution is 6.01. The van der Waals surface area contributed by atoms with Crippen molar-refractivity contribution in [3.63, 3.8) is 0 Å². The minimum Gasteiger partial charge on any atom is -0.274 e. The van der Waals surface area contributed by atoms with Crippen LogP contribution in [0, 0.1) is 24.2 Å². The lowest BCUT2D eigenvalue weighted by atomic mass is 9.96. The molecule has 2 bridgehead atoms. The van der Waals surface area contributed by atoms with E-state index in [2.05, 4.69) is 5.92 Å². The molecule has 2 rings (SSSR count). The van der Waals surface area contributed by atoms with Gasteiger partial charge in [-0.15, -0.1) is 6.42 Å². The largest absolute Gasteiger partial charge is 0.274 e. The molecule has 2 amide bonds. The number of fused-ring (bicyclic) bond motifs is 2. The predicted molar refractivity (Wildman–Crippen MR) is 51.0 cm³/mol. The number of piperidine rings is 1. The van der Waals surface area contributed by atoms with Gasteiger partial charge in [-0.3, -0.25) is 14.5 Å². The zero-order valence-electron chi connectivity index (χ0n) is 8.19. The van der Waals surface area contributed by atoms with E-state index in [1.165, 1.54) is 4.90 Å². The average molecular weight is 191 g/mol. The molecule has 3 nitrogen and oxygen atoms in total. The first kappa shape index (κ1) is 9.26. The first-order valence-corrected chi connectivity index (χ1v) is 4.98. The molecule has 1 heterocycles. The highest BCUT2D eigenvalue weighted by Gasteiger charge is 2.46. The van der Waals surface area contributed by atoms with Gasteiger partial charge in [-0.25, -0.2) is 0 Å². The van der Waals surface area contributed by atoms with Gasteiger partial charge in [0.2, 0.25) is 11.8 Å². The molecule has 3 heteroatoms. The van der Waals surface area contributed by atoms with Gasteiger partial charge in [0.05, 0.1) is 6.04 Å². The Labute approximate surface area is 83.5 Å². The third-order valence-electron chi connectivity index (χ3n) is 3.23. The topological polar surface area (TPSA) is 37.4 Å². The van der Waals surface area contributed by atoms with Crippen molar-refractivity contribution in [3.8, 4) is 12.3 Å². The van der Waals surface area contributed by atoms with Gasteiger partial charge in [0.1, 0.15) is 0 Å². The number of likely N-dealkylation sites (tertiary alicyclic amines) is 1. The third-order valence-corrected chi connectivity index (χ3v) is 3.23. The summed E-state index contributed by atoms with van der Waals surface area (Å²) in [5, 5.41) is 0. The van der Waals surface area contributed by atoms with Gasteiger partial charge in [0, 0.05) is 11.8 Å². The second kappa shape index (κ2) is 3.13. The number of carbonyl (C=O) groups is 2. The molecule has 3 atom stereocenters. The van der Waals surface area contributed by atoms with Crippen molar-refractivity contribution in [2.75, 3.05) is 0 Å². The van der Waals surface area contributed by atoms with Gasteiger partial charge in [0.25, 0.3) is 0 Å². The van der Waals surface area contributed by atoms with E-state index in [-0.39, 0.29) is 23.7 Å². The molecule has 1 aliphatic heterocycles. The summed E-state index contributed by atoms with van der Waals surface area (Å²) < 4.78 is 0. The number of hydrogen-bond donors (Lipinski definition) is 0. The van der Waals surface area contributed by atoms with E-state index in [9.17, 15) is 9.59 Å². The number of imide groups is 1. The number of amides is 2. The smallest absolute Gasteiger partial charge is 0.233 e. The summed E-state index contributed by atoms with van der Waals surface area (Å²) in [6.45, 7) is 1.72. The first-order valence-electron chi connectivity index (χ1n) is 4.98. The number of rotatable bonds is 1. The van der Waals surface area contributed by atoms with Crippen molar-refractivity contribution in [3.05, 3.63) is 0 Å². The molecule has 14 heavy (non-hydrogen) atoms. The maximum absolute atomic E-state index is 11.8. The Morgan fingerprint density at radius 1 is 1.36 bits per heavy atom. The predicted octanol–water partition coefficient (Wildman–Crippen LogP) is 0.793. The Balaban J connectivity index is 2.29. The lowest BCUT2D eigenvalue weighted by Gasteiger charge is -2.31. The monoisotopic (exact) mass is 191 g/mol. The van der Waals surface area contributed by atoms with E-state index >= 15 is 0 Å². The lowest BCUT2D eigenvalue weighted by molar-refractivity contribution is -0.154. The molecular weight excluding hydrogens is 178 g/mol. The Morgan fingerprint density at radius 2 is 1.86 bits per heavy atom. The van der Waals surface area contributed by atoms with Crippen LogP contribution in [0.25, 0.3) is 0 Å². The third kappa shape index (κ3) is 1.14. The summed E-state index contributed by atoms with van der Waals surface area (Å²) in [6, 6.07) is -0.390. The average Bonchev–Trinajstić information content (AvgIpc) is 2.61. The molecule has 0 aromatic heterocycles. The SMILES string of the molecule is C#CC(C)N1C(=O)C2CCC(C2)C1=O. The van der Waals surface area contributed by atoms with Crippen LogP contribution in [0.15, 0.2) is 0 Å². The highest BCUT2D eigenvalue weighted by atomic mass is 16.2. The van der Waals surface area contributed by atoms with Crippen molar-refractivity contribution in [1.82, 2.24) is 4.90 Å². The number of nitrogens with zero attached hydrogens (tertiary/aromatic N) is 1. The number of terminal acetylenes is 1. The van der Waals surface area contributed by atoms with Crippen LogP contribution in [-0.2, 0) is 9.59 Å². The zero-order valence-corrected chi connectivity index (χ0v) is 8.19. The van der Waals surface area contributed by atoms with Crippen LogP contribution in [0.4, 0.5) is 0 Å². The van der Waals surface area contributed by atoms with Gasteiger partial charge in [-0.1, -0.05) is 5.92 Å². The van der Waals surface area contributed by atoms with E-state index in [0.29, 0.717) is 0 Å². The molecule has 0 N–H and O–H groups in total. The normalized spacial score (nSPS) is 33.0. The van der Waals surface area contributed by atoms with Crippen LogP contribution in [0.1, 0.15) is 26.2 Å². The van der Waals surface area contributed by atoms with Crippen molar-refractivity contribution >= 4 is 11.8 Å². The van der Waals surface area contributed by atoms with Crippen LogP contribution in [0.3, 0.4) is 0 Å². The molecule has 74 valence electrons. The van der Waals surface area contributed by atoms with E-state index in [4.69, 9.17) is 6.42 Å². The fraction of sp³-hybridized carbons (Fsp3) is 0.636. The first-order chi connectivity index (χ1) is 6.65. The van der Waals surface area contributed by atoms with E-state index in [0.717, 1.165) is 19.3 Å². The Kier molecular flexibility index (Phi) is 2.07. The van der Waals surface area contributed by atoms with Gasteiger partial charge in [0.15, 0.2) is 0 Å². The molecular formula is C11H13NO2. The van der Waals surface area contributed by atoms with Gasteiger partial charge in [-0.2, -0.15) is 0 Å². The number of carbonyl (C=O) groups excluding carboxylic acids is 2. The molecule has 2 fully saturated rings. The van der Waals surface area contributed by atoms with Gasteiger partial charge < -0.3 is 0 Å². The molecule has 2 aliphatic rings. The quantitative estimate of drug-likeness (QED) is 0.454. The van der Waals surface area contributed by atoms with E-state index in [1.807, 2.05) is 0 Å². The van der Waals surface area contributed by atoms with Crippen LogP contribution in [-0.4, -0.2) is 22.8 Å². The lowest BCUT2D eigenvalue weighted by Crippen LogP contribution is -2.50. The van der Waals surface area contributed by atoms with Crippen molar-refractivity contribution in [1.29, 1.82) is 0 Å². The standard InChI is InChI=1S/C11H13NO2/c1-3-7(2)12-10(13)8-4-5-9(6-8)11(12)14/h1,7-9H,4-6H2,2H3. The summed E-state index contributed by atoms with van der Waals surface area (Å²) in [4.78, 5) is 24.9. The van der Waals surface area contributed by atoms with Crippen molar-refractivity contribution in [2.24, 2.45) is 11.8 Å². The minimum atomic E-state index is -0.390. The maximum atomic E-state index is 11.8. The summed E-state index contributed by atoms with van der Waals surface area (Å²) in [6.07, 6.45) is 7.68. The molecule has 0 aromatic rings. The summed E-state index contributed by atoms with van der Waals surface area (Å²) in [7, 11) is 0. The second-order valence-corrected chi connectivity index (χ2v) is 4.10. The Bertz CT molecular complexity index is 307. The number of hydrogen-bond acceptors (Lipinski definition) is 2. The van der Waals surface area contributed by atoms with Crippen LogP contribution in [0.5, 0.6) is 0 Å². The Morgan fingerprint density at radius 3 is 2.29 bits per heavy atom. The molecule has 0 aromatic carbocycles. The van der Waals surface area contributed by atoms with E-state index in [1.54, 1.807) is 6.92 Å². The molecule has 1 aliphatic carbocycles. The molecule has 0 radical (unpaired) electrons. The molecule has 0 spiro atoms. The molecule has 1 saturated heterocycles. The Hall–Kier alpha value is -1.30. The summed E-state index contributed by atoms with van der Waals surface area (Å²) >= 11 is 0. The van der Waals surface area contributed by atoms with Gasteiger partial charge in [-0.05, 0) is 26.2 Å². The zero-order chi connectivity index (χ0) is 10.3. The van der Waals surface area contributed by atoms with Crippen LogP contribution in [0.2, 0.25) is 0 Å². The summed E-state index contributed by atoms with van der Waals surface area (Å²) in [5.74, 6) is 2.43. The molecule has 1 saturated carbocycles. The molecule has 3 unspecified atom stereocenters. The fourth-order valence-electron chi connectivity index (χ4n) is 2.39. The van der Waals surface area contributed by atoms with Crippen molar-refractivity contribution in [2.45, 2.75) is 32.2 Å². The summed E-state index contributed by atoms with van der Waals surface area (Å²) in [5.41, 5.74) is 0. The fourth-order valence-corrected chi connectivity index (χ4v) is 2.39. The minimum absolute atomic E-state index is 0.0495. The van der Waals surface area contributed by atoms with Crippen LogP contribution < -0.4 is 0 Å². The highest BCUT2D eigenvalue weighted by Crippen LogP contribution is 2.38.